The molecule has 3 rings (SSSR count). The summed E-state index contributed by atoms with van der Waals surface area (Å²) < 4.78 is 13.0. The van der Waals surface area contributed by atoms with Crippen molar-refractivity contribution >= 4 is 22.9 Å². The number of hydrogen-bond acceptors (Lipinski definition) is 5. The number of carbonyl (C=O) groups excluding carboxylic acids is 2. The summed E-state index contributed by atoms with van der Waals surface area (Å²) in [7, 11) is 3.19. The van der Waals surface area contributed by atoms with Crippen molar-refractivity contribution in [2.75, 3.05) is 13.7 Å². The highest BCUT2D eigenvalue weighted by Gasteiger charge is 2.15. The molecule has 0 saturated heterocycles. The third kappa shape index (κ3) is 4.06. The molecule has 28 heavy (non-hydrogen) atoms. The Morgan fingerprint density at radius 3 is 2.46 bits per heavy atom. The van der Waals surface area contributed by atoms with Crippen molar-refractivity contribution in [2.24, 2.45) is 7.05 Å². The molecule has 0 fully saturated rings. The number of nitrogens with one attached hydrogen (secondary N) is 1. The van der Waals surface area contributed by atoms with E-state index in [1.165, 1.54) is 9.13 Å². The van der Waals surface area contributed by atoms with Crippen molar-refractivity contribution in [1.29, 1.82) is 0 Å². The molecule has 2 aromatic carbocycles. The Morgan fingerprint density at radius 1 is 1.04 bits per heavy atom. The first kappa shape index (κ1) is 19.2. The van der Waals surface area contributed by atoms with E-state index in [1.807, 2.05) is 24.3 Å². The molecule has 8 nitrogen and oxygen atoms in total. The van der Waals surface area contributed by atoms with Crippen LogP contribution >= 0.6 is 0 Å². The standard InChI is InChI=1S/C20H21N3O5/c1-22-15-8-4-5-9-16(15)23(20(22)26)12-19(25)28-13-18(24)21-11-14-7-3-6-10-17(14)27-2/h3-10H,11-13H2,1-2H3,(H,21,24). The van der Waals surface area contributed by atoms with Crippen LogP contribution in [-0.4, -0.2) is 34.7 Å². The summed E-state index contributed by atoms with van der Waals surface area (Å²) in [6, 6.07) is 14.5. The fourth-order valence-corrected chi connectivity index (χ4v) is 2.93. The Bertz CT molecular complexity index is 1070. The van der Waals surface area contributed by atoms with Crippen LogP contribution in [0, 0.1) is 0 Å². The fraction of sp³-hybridized carbons (Fsp3) is 0.250. The van der Waals surface area contributed by atoms with Gasteiger partial charge in [0.25, 0.3) is 5.91 Å². The Balaban J connectivity index is 1.56. The molecule has 8 heteroatoms. The van der Waals surface area contributed by atoms with E-state index >= 15 is 0 Å². The zero-order valence-corrected chi connectivity index (χ0v) is 15.7. The molecule has 0 bridgehead atoms. The topological polar surface area (TPSA) is 91.6 Å². The summed E-state index contributed by atoms with van der Waals surface area (Å²) >= 11 is 0. The van der Waals surface area contributed by atoms with E-state index in [2.05, 4.69) is 5.32 Å². The number of benzene rings is 2. The number of esters is 1. The Morgan fingerprint density at radius 2 is 1.71 bits per heavy atom. The predicted octanol–water partition coefficient (Wildman–Crippen LogP) is 1.21. The molecule has 1 heterocycles. The van der Waals surface area contributed by atoms with Crippen molar-refractivity contribution < 1.29 is 19.1 Å². The minimum Gasteiger partial charge on any atom is -0.496 e. The summed E-state index contributed by atoms with van der Waals surface area (Å²) in [6.07, 6.45) is 0. The largest absolute Gasteiger partial charge is 0.496 e. The van der Waals surface area contributed by atoms with Crippen LogP contribution in [-0.2, 0) is 34.5 Å². The van der Waals surface area contributed by atoms with Crippen molar-refractivity contribution in [3.8, 4) is 5.75 Å². The normalized spacial score (nSPS) is 10.6. The molecule has 1 aromatic heterocycles. The smallest absolute Gasteiger partial charge is 0.329 e. The van der Waals surface area contributed by atoms with Gasteiger partial charge >= 0.3 is 11.7 Å². The Labute approximate surface area is 161 Å². The Hall–Kier alpha value is -3.55. The van der Waals surface area contributed by atoms with Gasteiger partial charge in [-0.1, -0.05) is 30.3 Å². The van der Waals surface area contributed by atoms with Crippen LogP contribution in [0.2, 0.25) is 0 Å². The fourth-order valence-electron chi connectivity index (χ4n) is 2.93. The van der Waals surface area contributed by atoms with Gasteiger partial charge < -0.3 is 14.8 Å². The van der Waals surface area contributed by atoms with Crippen molar-refractivity contribution in [2.45, 2.75) is 13.1 Å². The molecule has 0 unspecified atom stereocenters. The van der Waals surface area contributed by atoms with Gasteiger partial charge in [0.1, 0.15) is 12.3 Å². The second-order valence-corrected chi connectivity index (χ2v) is 6.17. The third-order valence-electron chi connectivity index (χ3n) is 4.37. The van der Waals surface area contributed by atoms with Gasteiger partial charge in [-0.15, -0.1) is 0 Å². The second-order valence-electron chi connectivity index (χ2n) is 6.17. The number of amides is 1. The molecule has 0 aliphatic carbocycles. The zero-order chi connectivity index (χ0) is 20.1. The maximum atomic E-state index is 12.3. The molecule has 0 spiro atoms. The molecule has 0 saturated carbocycles. The number of ether oxygens (including phenoxy) is 2. The van der Waals surface area contributed by atoms with E-state index < -0.39 is 18.5 Å². The summed E-state index contributed by atoms with van der Waals surface area (Å²) in [4.78, 5) is 36.4. The molecule has 146 valence electrons. The third-order valence-corrected chi connectivity index (χ3v) is 4.37. The zero-order valence-electron chi connectivity index (χ0n) is 15.7. The number of nitrogens with zero attached hydrogens (tertiary/aromatic N) is 2. The summed E-state index contributed by atoms with van der Waals surface area (Å²) in [5, 5.41) is 2.67. The number of hydrogen-bond donors (Lipinski definition) is 1. The van der Waals surface area contributed by atoms with Gasteiger partial charge in [0.2, 0.25) is 0 Å². The summed E-state index contributed by atoms with van der Waals surface area (Å²) in [5.74, 6) is -0.439. The van der Waals surface area contributed by atoms with E-state index in [-0.39, 0.29) is 18.8 Å². The van der Waals surface area contributed by atoms with Gasteiger partial charge in [-0.2, -0.15) is 0 Å². The molecular formula is C20H21N3O5. The van der Waals surface area contributed by atoms with Crippen LogP contribution in [0.25, 0.3) is 11.0 Å². The van der Waals surface area contributed by atoms with Crippen molar-refractivity contribution in [3.63, 3.8) is 0 Å². The maximum Gasteiger partial charge on any atom is 0.329 e. The van der Waals surface area contributed by atoms with Gasteiger partial charge in [0.05, 0.1) is 18.1 Å². The molecule has 0 radical (unpaired) electrons. The number of aromatic nitrogens is 2. The monoisotopic (exact) mass is 383 g/mol. The lowest BCUT2D eigenvalue weighted by atomic mass is 10.2. The van der Waals surface area contributed by atoms with Crippen molar-refractivity contribution in [3.05, 3.63) is 64.6 Å². The number of rotatable bonds is 7. The average molecular weight is 383 g/mol. The predicted molar refractivity (Wildman–Crippen MR) is 103 cm³/mol. The lowest BCUT2D eigenvalue weighted by Crippen LogP contribution is -2.31. The van der Waals surface area contributed by atoms with Gasteiger partial charge in [0.15, 0.2) is 6.61 Å². The minimum atomic E-state index is -0.661. The number of methoxy groups -OCH3 is 1. The lowest BCUT2D eigenvalue weighted by Gasteiger charge is -2.10. The molecule has 1 amide bonds. The second kappa shape index (κ2) is 8.43. The van der Waals surface area contributed by atoms with Gasteiger partial charge in [-0.3, -0.25) is 18.7 Å². The van der Waals surface area contributed by atoms with Crippen LogP contribution in [0.3, 0.4) is 0 Å². The van der Waals surface area contributed by atoms with Gasteiger partial charge in [-0.05, 0) is 18.2 Å². The summed E-state index contributed by atoms with van der Waals surface area (Å²) in [5.41, 5.74) is 1.84. The van der Waals surface area contributed by atoms with Gasteiger partial charge in [0, 0.05) is 19.2 Å². The first-order valence-electron chi connectivity index (χ1n) is 8.69. The lowest BCUT2D eigenvalue weighted by molar-refractivity contribution is -0.149. The van der Waals surface area contributed by atoms with E-state index in [0.29, 0.717) is 11.3 Å². The molecular weight excluding hydrogens is 362 g/mol. The number of fused-ring (bicyclic) bond motifs is 1. The first-order valence-corrected chi connectivity index (χ1v) is 8.69. The average Bonchev–Trinajstić information content (AvgIpc) is 2.96. The van der Waals surface area contributed by atoms with E-state index in [1.54, 1.807) is 38.4 Å². The SMILES string of the molecule is COc1ccccc1CNC(=O)COC(=O)Cn1c(=O)n(C)c2ccccc21. The molecule has 0 aliphatic rings. The minimum absolute atomic E-state index is 0.253. The van der Waals surface area contributed by atoms with Crippen LogP contribution in [0.1, 0.15) is 5.56 Å². The van der Waals surface area contributed by atoms with Crippen LogP contribution in [0.4, 0.5) is 0 Å². The highest BCUT2D eigenvalue weighted by molar-refractivity contribution is 5.82. The molecule has 0 atom stereocenters. The highest BCUT2D eigenvalue weighted by Crippen LogP contribution is 2.16. The van der Waals surface area contributed by atoms with Crippen LogP contribution in [0.15, 0.2) is 53.3 Å². The summed E-state index contributed by atoms with van der Waals surface area (Å²) in [6.45, 7) is -0.434. The van der Waals surface area contributed by atoms with Crippen LogP contribution in [0.5, 0.6) is 5.75 Å². The number of imidazole rings is 1. The quantitative estimate of drug-likeness (QED) is 0.619. The molecule has 1 N–H and O–H groups in total. The van der Waals surface area contributed by atoms with E-state index in [0.717, 1.165) is 11.1 Å². The van der Waals surface area contributed by atoms with E-state index in [4.69, 9.17) is 9.47 Å². The number of carbonyl (C=O) groups is 2. The Kier molecular flexibility index (Phi) is 5.78. The molecule has 3 aromatic rings. The number of aryl methyl sites for hydroxylation is 1. The van der Waals surface area contributed by atoms with Crippen LogP contribution < -0.4 is 15.7 Å². The highest BCUT2D eigenvalue weighted by atomic mass is 16.5. The van der Waals surface area contributed by atoms with Gasteiger partial charge in [-0.25, -0.2) is 4.79 Å². The number of para-hydroxylation sites is 3. The van der Waals surface area contributed by atoms with Crippen molar-refractivity contribution in [1.82, 2.24) is 14.5 Å². The van der Waals surface area contributed by atoms with E-state index in [9.17, 15) is 14.4 Å². The molecule has 0 aliphatic heterocycles. The maximum absolute atomic E-state index is 12.3. The first-order chi connectivity index (χ1) is 13.5.